The molecule has 2 heterocycles. The highest BCUT2D eigenvalue weighted by atomic mass is 32.2. The molecule has 0 saturated carbocycles. The van der Waals surface area contributed by atoms with Crippen LogP contribution in [0.2, 0.25) is 0 Å². The summed E-state index contributed by atoms with van der Waals surface area (Å²) in [6.07, 6.45) is 2.84. The van der Waals surface area contributed by atoms with Gasteiger partial charge in [-0.2, -0.15) is 5.10 Å². The summed E-state index contributed by atoms with van der Waals surface area (Å²) in [4.78, 5) is 6.58. The number of hydrogen-bond acceptors (Lipinski definition) is 5. The second-order valence-corrected chi connectivity index (χ2v) is 8.85. The Kier molecular flexibility index (Phi) is 4.73. The SMILES string of the molecule is CCC1(CC)CN(Cc2ncnn2-c2ccccc2)CCS1(=O)=O. The van der Waals surface area contributed by atoms with Crippen LogP contribution in [0.3, 0.4) is 0 Å². The van der Waals surface area contributed by atoms with Crippen LogP contribution in [0.4, 0.5) is 0 Å². The van der Waals surface area contributed by atoms with Gasteiger partial charge in [-0.3, -0.25) is 4.90 Å². The highest BCUT2D eigenvalue weighted by Crippen LogP contribution is 2.32. The van der Waals surface area contributed by atoms with Crippen LogP contribution in [0.15, 0.2) is 36.7 Å². The minimum atomic E-state index is -3.04. The van der Waals surface area contributed by atoms with Crippen molar-refractivity contribution in [3.63, 3.8) is 0 Å². The molecule has 0 aliphatic carbocycles. The highest BCUT2D eigenvalue weighted by molar-refractivity contribution is 7.92. The molecule has 7 heteroatoms. The Hall–Kier alpha value is -1.73. The van der Waals surface area contributed by atoms with Gasteiger partial charge in [0, 0.05) is 13.1 Å². The number of sulfone groups is 1. The van der Waals surface area contributed by atoms with Crippen LogP contribution < -0.4 is 0 Å². The van der Waals surface area contributed by atoms with E-state index < -0.39 is 14.6 Å². The first-order valence-electron chi connectivity index (χ1n) is 8.40. The third kappa shape index (κ3) is 2.98. The summed E-state index contributed by atoms with van der Waals surface area (Å²) in [5.74, 6) is 1.05. The number of hydrogen-bond donors (Lipinski definition) is 0. The minimum Gasteiger partial charge on any atom is -0.293 e. The van der Waals surface area contributed by atoms with Crippen LogP contribution in [0.25, 0.3) is 5.69 Å². The zero-order valence-electron chi connectivity index (χ0n) is 14.2. The molecule has 1 aliphatic rings. The second-order valence-electron chi connectivity index (χ2n) is 6.34. The molecule has 24 heavy (non-hydrogen) atoms. The summed E-state index contributed by atoms with van der Waals surface area (Å²) in [6.45, 7) is 5.65. The Balaban J connectivity index is 1.82. The topological polar surface area (TPSA) is 68.1 Å². The van der Waals surface area contributed by atoms with E-state index in [1.165, 1.54) is 0 Å². The van der Waals surface area contributed by atoms with Crippen LogP contribution in [0.5, 0.6) is 0 Å². The molecule has 6 nitrogen and oxygen atoms in total. The van der Waals surface area contributed by atoms with Gasteiger partial charge in [0.25, 0.3) is 0 Å². The molecular formula is C17H24N4O2S. The van der Waals surface area contributed by atoms with Gasteiger partial charge in [-0.1, -0.05) is 32.0 Å². The molecule has 1 aromatic carbocycles. The Morgan fingerprint density at radius 3 is 2.54 bits per heavy atom. The molecule has 1 fully saturated rings. The third-order valence-electron chi connectivity index (χ3n) is 5.12. The zero-order valence-corrected chi connectivity index (χ0v) is 15.0. The first-order valence-corrected chi connectivity index (χ1v) is 10.1. The quantitative estimate of drug-likeness (QED) is 0.827. The molecule has 0 atom stereocenters. The van der Waals surface area contributed by atoms with E-state index in [-0.39, 0.29) is 5.75 Å². The van der Waals surface area contributed by atoms with E-state index in [1.807, 2.05) is 48.9 Å². The molecule has 0 bridgehead atoms. The van der Waals surface area contributed by atoms with Gasteiger partial charge in [0.15, 0.2) is 9.84 Å². The number of para-hydroxylation sites is 1. The van der Waals surface area contributed by atoms with Crippen LogP contribution in [-0.4, -0.2) is 51.7 Å². The fourth-order valence-electron chi connectivity index (χ4n) is 3.46. The van der Waals surface area contributed by atoms with E-state index in [9.17, 15) is 8.42 Å². The van der Waals surface area contributed by atoms with Crippen LogP contribution in [0.1, 0.15) is 32.5 Å². The van der Waals surface area contributed by atoms with E-state index in [0.29, 0.717) is 32.5 Å². The molecule has 130 valence electrons. The van der Waals surface area contributed by atoms with Crippen LogP contribution >= 0.6 is 0 Å². The van der Waals surface area contributed by atoms with Gasteiger partial charge in [0.05, 0.1) is 22.7 Å². The van der Waals surface area contributed by atoms with E-state index in [1.54, 1.807) is 6.33 Å². The van der Waals surface area contributed by atoms with Gasteiger partial charge in [0.2, 0.25) is 0 Å². The fourth-order valence-corrected chi connectivity index (χ4v) is 5.65. The maximum Gasteiger partial charge on any atom is 0.158 e. The lowest BCUT2D eigenvalue weighted by Gasteiger charge is -2.41. The molecule has 0 unspecified atom stereocenters. The first kappa shape index (κ1) is 17.1. The summed E-state index contributed by atoms with van der Waals surface area (Å²) >= 11 is 0. The minimum absolute atomic E-state index is 0.216. The Morgan fingerprint density at radius 1 is 1.17 bits per heavy atom. The van der Waals surface area contributed by atoms with Gasteiger partial charge in [-0.05, 0) is 25.0 Å². The van der Waals surface area contributed by atoms with Gasteiger partial charge >= 0.3 is 0 Å². The van der Waals surface area contributed by atoms with Gasteiger partial charge in [-0.25, -0.2) is 18.1 Å². The monoisotopic (exact) mass is 348 g/mol. The van der Waals surface area contributed by atoms with E-state index in [0.717, 1.165) is 11.5 Å². The molecule has 0 radical (unpaired) electrons. The lowest BCUT2D eigenvalue weighted by atomic mass is 10.0. The Labute approximate surface area is 143 Å². The van der Waals surface area contributed by atoms with Crippen molar-refractivity contribution in [3.8, 4) is 5.69 Å². The molecular weight excluding hydrogens is 324 g/mol. The number of nitrogens with zero attached hydrogens (tertiary/aromatic N) is 4. The van der Waals surface area contributed by atoms with Gasteiger partial charge in [0.1, 0.15) is 12.2 Å². The maximum absolute atomic E-state index is 12.5. The highest BCUT2D eigenvalue weighted by Gasteiger charge is 2.45. The average molecular weight is 348 g/mol. The third-order valence-corrected chi connectivity index (χ3v) is 7.87. The summed E-state index contributed by atoms with van der Waals surface area (Å²) in [7, 11) is -3.04. The van der Waals surface area contributed by atoms with E-state index in [2.05, 4.69) is 15.0 Å². The van der Waals surface area contributed by atoms with E-state index in [4.69, 9.17) is 0 Å². The molecule has 0 spiro atoms. The maximum atomic E-state index is 12.5. The van der Waals surface area contributed by atoms with Crippen molar-refractivity contribution in [3.05, 3.63) is 42.5 Å². The number of rotatable bonds is 5. The lowest BCUT2D eigenvalue weighted by molar-refractivity contribution is 0.216. The second kappa shape index (κ2) is 6.64. The fraction of sp³-hybridized carbons (Fsp3) is 0.529. The van der Waals surface area contributed by atoms with Crippen molar-refractivity contribution in [1.29, 1.82) is 0 Å². The lowest BCUT2D eigenvalue weighted by Crippen LogP contribution is -2.55. The average Bonchev–Trinajstić information content (AvgIpc) is 3.05. The Bertz CT molecular complexity index is 782. The van der Waals surface area contributed by atoms with Crippen LogP contribution in [0, 0.1) is 0 Å². The predicted molar refractivity (Wildman–Crippen MR) is 93.7 cm³/mol. The van der Waals surface area contributed by atoms with Crippen LogP contribution in [-0.2, 0) is 16.4 Å². The van der Waals surface area contributed by atoms with Crippen molar-refractivity contribution < 1.29 is 8.42 Å². The van der Waals surface area contributed by atoms with Crippen molar-refractivity contribution in [2.45, 2.75) is 38.0 Å². The van der Waals surface area contributed by atoms with Crippen molar-refractivity contribution in [2.24, 2.45) is 0 Å². The standard InChI is InChI=1S/C17H24N4O2S/c1-3-17(4-2)13-20(10-11-24(17,22)23)12-16-18-14-19-21(16)15-8-6-5-7-9-15/h5-9,14H,3-4,10-13H2,1-2H3. The zero-order chi connectivity index (χ0) is 17.2. The normalized spacial score (nSPS) is 20.1. The molecule has 2 aromatic rings. The molecule has 1 aromatic heterocycles. The van der Waals surface area contributed by atoms with Crippen molar-refractivity contribution >= 4 is 9.84 Å². The Morgan fingerprint density at radius 2 is 1.88 bits per heavy atom. The van der Waals surface area contributed by atoms with Crippen molar-refractivity contribution in [1.82, 2.24) is 19.7 Å². The smallest absolute Gasteiger partial charge is 0.158 e. The van der Waals surface area contributed by atoms with Gasteiger partial charge in [-0.15, -0.1) is 0 Å². The predicted octanol–water partition coefficient (Wildman–Crippen LogP) is 2.06. The first-order chi connectivity index (χ1) is 11.5. The molecule has 3 rings (SSSR count). The number of aromatic nitrogens is 3. The molecule has 1 saturated heterocycles. The van der Waals surface area contributed by atoms with Crippen molar-refractivity contribution in [2.75, 3.05) is 18.8 Å². The summed E-state index contributed by atoms with van der Waals surface area (Å²) in [6, 6.07) is 9.87. The van der Waals surface area contributed by atoms with Gasteiger partial charge < -0.3 is 0 Å². The largest absolute Gasteiger partial charge is 0.293 e. The molecule has 0 amide bonds. The summed E-state index contributed by atoms with van der Waals surface area (Å²) < 4.78 is 26.3. The van der Waals surface area contributed by atoms with E-state index >= 15 is 0 Å². The molecule has 1 aliphatic heterocycles. The summed E-state index contributed by atoms with van der Waals surface area (Å²) in [5.41, 5.74) is 0.965. The number of benzene rings is 1. The molecule has 0 N–H and O–H groups in total. The summed E-state index contributed by atoms with van der Waals surface area (Å²) in [5, 5.41) is 4.32.